The molecule has 7 aliphatic rings. The second-order valence-electron chi connectivity index (χ2n) is 20.1. The summed E-state index contributed by atoms with van der Waals surface area (Å²) in [6.07, 6.45) is -5.71. The summed E-state index contributed by atoms with van der Waals surface area (Å²) in [5, 5.41) is 34.2. The smallest absolute Gasteiger partial charge is 0.303 e. The molecule has 63 heavy (non-hydrogen) atoms. The Labute approximate surface area is 371 Å². The van der Waals surface area contributed by atoms with E-state index >= 15 is 0 Å². The number of hydrogen-bond donors (Lipinski definition) is 3. The van der Waals surface area contributed by atoms with E-state index in [4.69, 9.17) is 52.1 Å². The van der Waals surface area contributed by atoms with Crippen LogP contribution in [0.1, 0.15) is 113 Å². The van der Waals surface area contributed by atoms with E-state index in [9.17, 15) is 29.7 Å². The zero-order valence-electron chi connectivity index (χ0n) is 39.0. The highest BCUT2D eigenvalue weighted by Gasteiger charge is 2.76. The molecule has 4 aliphatic carbocycles. The van der Waals surface area contributed by atoms with Gasteiger partial charge in [-0.05, 0) is 89.9 Å². The van der Waals surface area contributed by atoms with Gasteiger partial charge < -0.3 is 67.4 Å². The lowest BCUT2D eigenvalue weighted by Gasteiger charge is -2.66. The molecule has 3 aliphatic heterocycles. The second kappa shape index (κ2) is 19.0. The first-order valence-corrected chi connectivity index (χ1v) is 23.2. The monoisotopic (exact) mass is 898 g/mol. The van der Waals surface area contributed by atoms with Crippen molar-refractivity contribution in [2.75, 3.05) is 21.3 Å². The highest BCUT2D eigenvalue weighted by atomic mass is 16.8. The molecule has 23 atom stereocenters. The predicted molar refractivity (Wildman–Crippen MR) is 220 cm³/mol. The van der Waals surface area contributed by atoms with Crippen LogP contribution in [0.4, 0.5) is 0 Å². The molecular weight excluding hydrogens is 824 g/mol. The maximum atomic E-state index is 13.1. The number of fused-ring (bicyclic) bond motifs is 5. The predicted octanol–water partition coefficient (Wildman–Crippen LogP) is 3.37. The Morgan fingerprint density at radius 2 is 1.24 bits per heavy atom. The standard InChI is InChI=1S/C46H74O17/c1-21(47)29-15-17-46(52)30-13-12-27-18-28(14-16-44(27,7)35(30)40(59-25(5)48)42(45(29,46)8)60-26(6)49)61-33-19-31(53-9)38(23(3)56-33)62-34-20-32(54-10)39(24(4)57-34)63-43-37(51)41(55-11)36(50)22(2)58-43/h22-24,27-43,50-52H,12-20H2,1-11H3/t22-,23-,24-,27?,28+,29-,30-,31+,32-,33+,34+,35-,36-,37-,38-,39-,40+,41-,42-,43+,44+,45+,46+/m1/s1. The number of methoxy groups -OCH3 is 3. The van der Waals surface area contributed by atoms with E-state index < -0.39 is 115 Å². The van der Waals surface area contributed by atoms with Crippen molar-refractivity contribution in [2.45, 2.75) is 217 Å². The van der Waals surface area contributed by atoms with Crippen LogP contribution in [-0.2, 0) is 66.5 Å². The number of hydrogen-bond acceptors (Lipinski definition) is 17. The zero-order chi connectivity index (χ0) is 45.9. The fourth-order valence-electron chi connectivity index (χ4n) is 13.6. The SMILES string of the molecule is CO[C@H]1[C@@H](O)[C@H](O[C@@H]2[C@@H](C)O[C@@H](O[C@H]3[C@@H](OC)C[C@H](O[C@H]4CC[C@@]5(C)C(CC[C@@H]6[C@@H]5[C@H](OC(C)=O)[C@@H](OC(C)=O)[C@]5(C)[C@@H](C(C)=O)CC[C@]65O)C4)O[C@@H]3C)C[C@H]2OC)O[C@H](C)[C@H]1O. The van der Waals surface area contributed by atoms with Crippen molar-refractivity contribution in [1.82, 2.24) is 0 Å². The van der Waals surface area contributed by atoms with Gasteiger partial charge in [0.05, 0.1) is 42.2 Å². The van der Waals surface area contributed by atoms with Crippen LogP contribution in [0.3, 0.4) is 0 Å². The fourth-order valence-corrected chi connectivity index (χ4v) is 13.6. The second-order valence-corrected chi connectivity index (χ2v) is 20.1. The van der Waals surface area contributed by atoms with E-state index in [-0.39, 0.29) is 41.2 Å². The third kappa shape index (κ3) is 8.78. The topological polar surface area (TPSA) is 213 Å². The summed E-state index contributed by atoms with van der Waals surface area (Å²) in [7, 11) is 4.64. The first kappa shape index (κ1) is 49.0. The molecule has 3 N–H and O–H groups in total. The summed E-state index contributed by atoms with van der Waals surface area (Å²) >= 11 is 0. The molecule has 17 heteroatoms. The maximum absolute atomic E-state index is 13.1. The van der Waals surface area contributed by atoms with Gasteiger partial charge in [-0.3, -0.25) is 14.4 Å². The van der Waals surface area contributed by atoms with Gasteiger partial charge in [0.25, 0.3) is 0 Å². The molecule has 4 saturated carbocycles. The van der Waals surface area contributed by atoms with Gasteiger partial charge in [0.1, 0.15) is 48.5 Å². The normalized spacial score (nSPS) is 51.0. The fraction of sp³-hybridized carbons (Fsp3) is 0.935. The van der Waals surface area contributed by atoms with Crippen LogP contribution in [0.2, 0.25) is 0 Å². The van der Waals surface area contributed by atoms with Crippen molar-refractivity contribution in [1.29, 1.82) is 0 Å². The molecular formula is C46H74O17. The Bertz CT molecular complexity index is 1630. The lowest BCUT2D eigenvalue weighted by Crippen LogP contribution is -2.73. The van der Waals surface area contributed by atoms with Crippen LogP contribution < -0.4 is 0 Å². The molecule has 0 aromatic carbocycles. The number of rotatable bonds is 12. The quantitative estimate of drug-likeness (QED) is 0.189. The largest absolute Gasteiger partial charge is 0.458 e. The van der Waals surface area contributed by atoms with Gasteiger partial charge in [0.15, 0.2) is 18.9 Å². The number of esters is 2. The summed E-state index contributed by atoms with van der Waals surface area (Å²) in [6.45, 7) is 13.8. The van der Waals surface area contributed by atoms with Crippen molar-refractivity contribution in [3.63, 3.8) is 0 Å². The lowest BCUT2D eigenvalue weighted by atomic mass is 9.41. The molecule has 3 saturated heterocycles. The summed E-state index contributed by atoms with van der Waals surface area (Å²) in [5.74, 6) is -2.08. The van der Waals surface area contributed by atoms with E-state index in [1.807, 2.05) is 20.8 Å². The van der Waals surface area contributed by atoms with Gasteiger partial charge in [0, 0.05) is 65.3 Å². The van der Waals surface area contributed by atoms with Crippen molar-refractivity contribution < 1.29 is 81.8 Å². The first-order valence-electron chi connectivity index (χ1n) is 23.2. The zero-order valence-corrected chi connectivity index (χ0v) is 39.0. The Morgan fingerprint density at radius 1 is 0.635 bits per heavy atom. The average Bonchev–Trinajstić information content (AvgIpc) is 3.51. The number of aliphatic hydroxyl groups excluding tert-OH is 2. The molecule has 3 heterocycles. The van der Waals surface area contributed by atoms with Crippen molar-refractivity contribution >= 4 is 17.7 Å². The van der Waals surface area contributed by atoms with Gasteiger partial charge in [-0.15, -0.1) is 0 Å². The number of aliphatic hydroxyl groups is 3. The van der Waals surface area contributed by atoms with Crippen LogP contribution in [-0.4, -0.2) is 158 Å². The molecule has 0 aromatic rings. The van der Waals surface area contributed by atoms with Gasteiger partial charge in [-0.2, -0.15) is 0 Å². The van der Waals surface area contributed by atoms with E-state index in [1.54, 1.807) is 21.1 Å². The minimum absolute atomic E-state index is 0.0706. The third-order valence-electron chi connectivity index (χ3n) is 16.8. The van der Waals surface area contributed by atoms with Crippen LogP contribution in [0.25, 0.3) is 0 Å². The Hall–Kier alpha value is -1.87. The molecule has 360 valence electrons. The van der Waals surface area contributed by atoms with E-state index in [1.165, 1.54) is 27.9 Å². The molecule has 7 fully saturated rings. The first-order chi connectivity index (χ1) is 29.7. The van der Waals surface area contributed by atoms with Gasteiger partial charge in [-0.1, -0.05) is 13.8 Å². The summed E-state index contributed by atoms with van der Waals surface area (Å²) in [5.41, 5.74) is -2.81. The molecule has 0 bridgehead atoms. The Kier molecular flexibility index (Phi) is 14.8. The van der Waals surface area contributed by atoms with Gasteiger partial charge in [0.2, 0.25) is 0 Å². The summed E-state index contributed by atoms with van der Waals surface area (Å²) in [4.78, 5) is 38.7. The number of carbonyl (C=O) groups excluding carboxylic acids is 3. The highest BCUT2D eigenvalue weighted by molar-refractivity contribution is 5.80. The van der Waals surface area contributed by atoms with Crippen molar-refractivity contribution in [3.05, 3.63) is 0 Å². The summed E-state index contributed by atoms with van der Waals surface area (Å²) in [6, 6.07) is 0. The van der Waals surface area contributed by atoms with E-state index in [0.29, 0.717) is 38.5 Å². The molecule has 0 spiro atoms. The number of Topliss-reactive ketones (excluding diaryl/α,β-unsaturated/α-hetero) is 1. The van der Waals surface area contributed by atoms with E-state index in [2.05, 4.69) is 6.92 Å². The van der Waals surface area contributed by atoms with Crippen LogP contribution in [0.5, 0.6) is 0 Å². The Balaban J connectivity index is 0.997. The van der Waals surface area contributed by atoms with Gasteiger partial charge in [-0.25, -0.2) is 0 Å². The van der Waals surface area contributed by atoms with Crippen LogP contribution in [0.15, 0.2) is 0 Å². The summed E-state index contributed by atoms with van der Waals surface area (Å²) < 4.78 is 67.7. The molecule has 7 rings (SSSR count). The molecule has 0 aromatic heterocycles. The van der Waals surface area contributed by atoms with Gasteiger partial charge >= 0.3 is 11.9 Å². The van der Waals surface area contributed by atoms with Crippen LogP contribution in [0, 0.1) is 34.5 Å². The molecule has 17 nitrogen and oxygen atoms in total. The van der Waals surface area contributed by atoms with Crippen molar-refractivity contribution in [2.24, 2.45) is 34.5 Å². The molecule has 0 amide bonds. The minimum atomic E-state index is -1.29. The van der Waals surface area contributed by atoms with E-state index in [0.717, 1.165) is 19.3 Å². The Morgan fingerprint density at radius 3 is 1.81 bits per heavy atom. The molecule has 1 unspecified atom stereocenters. The maximum Gasteiger partial charge on any atom is 0.303 e. The minimum Gasteiger partial charge on any atom is -0.458 e. The lowest BCUT2D eigenvalue weighted by molar-refractivity contribution is -0.352. The number of ether oxygens (including phenoxy) is 11. The van der Waals surface area contributed by atoms with Crippen molar-refractivity contribution in [3.8, 4) is 0 Å². The number of carbonyl (C=O) groups is 3. The molecule has 0 radical (unpaired) electrons. The number of ketones is 1. The average molecular weight is 899 g/mol. The van der Waals surface area contributed by atoms with Crippen LogP contribution >= 0.6 is 0 Å². The third-order valence-corrected chi connectivity index (χ3v) is 16.8. The highest BCUT2D eigenvalue weighted by Crippen LogP contribution is 2.70.